The van der Waals surface area contributed by atoms with Crippen molar-refractivity contribution in [2.45, 2.75) is 43.1 Å². The highest BCUT2D eigenvalue weighted by atomic mass is 32.2. The third-order valence-corrected chi connectivity index (χ3v) is 7.70. The van der Waals surface area contributed by atoms with Gasteiger partial charge in [0.15, 0.2) is 12.5 Å². The molecule has 37 heavy (non-hydrogen) atoms. The van der Waals surface area contributed by atoms with Crippen molar-refractivity contribution < 1.29 is 19.3 Å². The van der Waals surface area contributed by atoms with Crippen LogP contribution >= 0.6 is 11.8 Å². The highest BCUT2D eigenvalue weighted by Crippen LogP contribution is 2.39. The van der Waals surface area contributed by atoms with Gasteiger partial charge in [-0.15, -0.1) is 0 Å². The molecule has 6 nitrogen and oxygen atoms in total. The number of thioether (sulfide) groups is 1. The predicted octanol–water partition coefficient (Wildman–Crippen LogP) is 5.28. The van der Waals surface area contributed by atoms with Crippen LogP contribution in [0.3, 0.4) is 0 Å². The van der Waals surface area contributed by atoms with E-state index in [2.05, 4.69) is 18.2 Å². The average Bonchev–Trinajstić information content (AvgIpc) is 2.96. The van der Waals surface area contributed by atoms with E-state index in [9.17, 15) is 10.3 Å². The molecule has 7 heteroatoms. The molecule has 3 aromatic carbocycles. The molecule has 1 aliphatic rings. The maximum absolute atomic E-state index is 12.1. The Balaban J connectivity index is 1.38. The molecular weight excluding hydrogens is 484 g/mol. The van der Waals surface area contributed by atoms with Crippen molar-refractivity contribution in [1.82, 2.24) is 0 Å². The number of aliphatic hydroxyl groups is 1. The zero-order valence-corrected chi connectivity index (χ0v) is 21.2. The van der Waals surface area contributed by atoms with Crippen LogP contribution in [0.5, 0.6) is 0 Å². The van der Waals surface area contributed by atoms with Crippen LogP contribution in [-0.2, 0) is 22.6 Å². The van der Waals surface area contributed by atoms with Gasteiger partial charge in [-0.2, -0.15) is 4.73 Å². The number of ether oxygens (including phenoxy) is 2. The molecule has 1 fully saturated rings. The van der Waals surface area contributed by atoms with Gasteiger partial charge in [-0.1, -0.05) is 84.6 Å². The van der Waals surface area contributed by atoms with E-state index < -0.39 is 6.29 Å². The molecule has 0 bridgehead atoms. The molecule has 1 aliphatic heterocycles. The van der Waals surface area contributed by atoms with Gasteiger partial charge in [0.25, 0.3) is 5.03 Å². The zero-order valence-electron chi connectivity index (χ0n) is 20.4. The van der Waals surface area contributed by atoms with Crippen molar-refractivity contribution in [3.05, 3.63) is 125 Å². The van der Waals surface area contributed by atoms with Crippen molar-refractivity contribution in [2.75, 3.05) is 5.75 Å². The zero-order chi connectivity index (χ0) is 25.6. The third kappa shape index (κ3) is 6.04. The van der Waals surface area contributed by atoms with Crippen molar-refractivity contribution in [2.24, 2.45) is 5.73 Å². The minimum Gasteiger partial charge on any atom is -0.618 e. The molecule has 2 heterocycles. The van der Waals surface area contributed by atoms with E-state index in [0.717, 1.165) is 38.1 Å². The quantitative estimate of drug-likeness (QED) is 0.189. The minimum absolute atomic E-state index is 0.00269. The van der Waals surface area contributed by atoms with Crippen LogP contribution in [0.2, 0.25) is 0 Å². The molecule has 190 valence electrons. The molecule has 5 rings (SSSR count). The summed E-state index contributed by atoms with van der Waals surface area (Å²) in [5.41, 5.74) is 12.1. The Morgan fingerprint density at radius 1 is 0.892 bits per heavy atom. The summed E-state index contributed by atoms with van der Waals surface area (Å²) in [4.78, 5) is 0. The van der Waals surface area contributed by atoms with Gasteiger partial charge in [0.2, 0.25) is 0 Å². The fourth-order valence-electron chi connectivity index (χ4n) is 4.53. The van der Waals surface area contributed by atoms with E-state index in [1.807, 2.05) is 66.7 Å². The number of aliphatic hydroxyl groups excluding tert-OH is 1. The smallest absolute Gasteiger partial charge is 0.251 e. The monoisotopic (exact) mass is 514 g/mol. The van der Waals surface area contributed by atoms with E-state index in [0.29, 0.717) is 23.7 Å². The summed E-state index contributed by atoms with van der Waals surface area (Å²) in [7, 11) is 0. The van der Waals surface area contributed by atoms with Crippen molar-refractivity contribution in [3.63, 3.8) is 0 Å². The van der Waals surface area contributed by atoms with E-state index in [1.54, 1.807) is 6.07 Å². The number of nitrogens with zero attached hydrogens (tertiary/aromatic N) is 1. The summed E-state index contributed by atoms with van der Waals surface area (Å²) in [6.45, 7) is 0.482. The number of pyridine rings is 1. The van der Waals surface area contributed by atoms with E-state index in [1.165, 1.54) is 18.0 Å². The first-order valence-electron chi connectivity index (χ1n) is 12.3. The maximum Gasteiger partial charge on any atom is 0.251 e. The summed E-state index contributed by atoms with van der Waals surface area (Å²) >= 11 is 1.48. The Bertz CT molecular complexity index is 1310. The van der Waals surface area contributed by atoms with Gasteiger partial charge in [-0.25, -0.2) is 0 Å². The number of rotatable bonds is 8. The molecule has 0 unspecified atom stereocenters. The Labute approximate surface area is 221 Å². The van der Waals surface area contributed by atoms with Crippen LogP contribution < -0.4 is 10.5 Å². The molecule has 0 saturated carbocycles. The fourth-order valence-corrected chi connectivity index (χ4v) is 5.46. The first-order chi connectivity index (χ1) is 18.1. The van der Waals surface area contributed by atoms with Crippen molar-refractivity contribution >= 4 is 11.8 Å². The van der Waals surface area contributed by atoms with Crippen LogP contribution in [0.4, 0.5) is 0 Å². The van der Waals surface area contributed by atoms with Crippen LogP contribution in [0.1, 0.15) is 41.1 Å². The van der Waals surface area contributed by atoms with Gasteiger partial charge in [-0.05, 0) is 33.9 Å². The highest BCUT2D eigenvalue weighted by molar-refractivity contribution is 7.99. The lowest BCUT2D eigenvalue weighted by atomic mass is 9.98. The molecule has 4 aromatic rings. The Morgan fingerprint density at radius 3 is 2.35 bits per heavy atom. The summed E-state index contributed by atoms with van der Waals surface area (Å²) in [6, 6.07) is 29.6. The van der Waals surface area contributed by atoms with Crippen molar-refractivity contribution in [3.8, 4) is 11.1 Å². The van der Waals surface area contributed by atoms with Gasteiger partial charge in [0.05, 0.1) is 18.8 Å². The number of benzene rings is 3. The maximum atomic E-state index is 12.1. The Morgan fingerprint density at radius 2 is 1.62 bits per heavy atom. The lowest BCUT2D eigenvalue weighted by Crippen LogP contribution is -2.32. The van der Waals surface area contributed by atoms with E-state index in [4.69, 9.17) is 15.2 Å². The standard InChI is InChI=1S/C30H30N2O4S/c31-18-25-5-1-2-6-27(25)22-12-14-24(15-13-22)30-35-26(20-37-29-7-3-4-16-32(29)34)17-28(36-30)23-10-8-21(19-33)9-11-23/h1-16,26,28,30,33H,17-20,31H2/t26-,28+,30+/m1/s1. The van der Waals surface area contributed by atoms with Gasteiger partial charge in [-0.3, -0.25) is 0 Å². The average molecular weight is 515 g/mol. The first-order valence-corrected chi connectivity index (χ1v) is 13.3. The SMILES string of the molecule is NCc1ccccc1-c1ccc([C@H]2O[C@@H](CSc3cccc[n+]3[O-])C[C@@H](c3ccc(CO)cc3)O2)cc1. The number of hydrogen-bond acceptors (Lipinski definition) is 6. The third-order valence-electron chi connectivity index (χ3n) is 6.55. The molecule has 0 radical (unpaired) electrons. The number of aromatic nitrogens is 1. The van der Waals surface area contributed by atoms with Crippen LogP contribution in [-0.4, -0.2) is 17.0 Å². The first kappa shape index (κ1) is 25.4. The molecule has 1 aromatic heterocycles. The van der Waals surface area contributed by atoms with Gasteiger partial charge in [0, 0.05) is 36.4 Å². The van der Waals surface area contributed by atoms with Crippen LogP contribution in [0, 0.1) is 5.21 Å². The molecule has 0 spiro atoms. The second-order valence-electron chi connectivity index (χ2n) is 9.01. The lowest BCUT2D eigenvalue weighted by molar-refractivity contribution is -0.645. The molecule has 1 saturated heterocycles. The molecule has 3 N–H and O–H groups in total. The van der Waals surface area contributed by atoms with E-state index in [-0.39, 0.29) is 18.8 Å². The molecule has 3 atom stereocenters. The highest BCUT2D eigenvalue weighted by Gasteiger charge is 2.32. The number of hydrogen-bond donors (Lipinski definition) is 2. The van der Waals surface area contributed by atoms with Gasteiger partial charge < -0.3 is 25.5 Å². The predicted molar refractivity (Wildman–Crippen MR) is 144 cm³/mol. The topological polar surface area (TPSA) is 91.7 Å². The second-order valence-corrected chi connectivity index (χ2v) is 10.0. The summed E-state index contributed by atoms with van der Waals surface area (Å²) in [5.74, 6) is 0.624. The van der Waals surface area contributed by atoms with Crippen LogP contribution in [0.15, 0.2) is 102 Å². The minimum atomic E-state index is -0.546. The summed E-state index contributed by atoms with van der Waals surface area (Å²) in [5, 5.41) is 22.2. The van der Waals surface area contributed by atoms with Gasteiger partial charge in [0.1, 0.15) is 0 Å². The summed E-state index contributed by atoms with van der Waals surface area (Å²) < 4.78 is 13.7. The van der Waals surface area contributed by atoms with Gasteiger partial charge >= 0.3 is 0 Å². The van der Waals surface area contributed by atoms with Crippen molar-refractivity contribution in [1.29, 1.82) is 0 Å². The largest absolute Gasteiger partial charge is 0.618 e. The van der Waals surface area contributed by atoms with E-state index >= 15 is 0 Å². The summed E-state index contributed by atoms with van der Waals surface area (Å²) in [6.07, 6.45) is 1.33. The van der Waals surface area contributed by atoms with Crippen LogP contribution in [0.25, 0.3) is 11.1 Å². The molecule has 0 aliphatic carbocycles. The second kappa shape index (κ2) is 11.9. The Kier molecular flexibility index (Phi) is 8.18. The lowest BCUT2D eigenvalue weighted by Gasteiger charge is -2.36. The molecular formula is C30H30N2O4S. The fraction of sp³-hybridized carbons (Fsp3) is 0.233. The number of nitrogens with two attached hydrogens (primary N) is 1. The molecule has 0 amide bonds. The Hall–Kier alpha value is -3.20. The normalized spacial score (nSPS) is 19.6.